The fourth-order valence-corrected chi connectivity index (χ4v) is 11.2. The van der Waals surface area contributed by atoms with E-state index >= 15 is 0 Å². The smallest absolute Gasteiger partial charge is 0.0645 e. The number of benzene rings is 9. The molecule has 13 rings (SSSR count). The number of para-hydroxylation sites is 1. The number of hydrogen-bond donors (Lipinski definition) is 0. The predicted molar refractivity (Wildman–Crippen MR) is 252 cm³/mol. The molecule has 9 aromatic carbocycles. The number of hydrogen-bond acceptors (Lipinski definition) is 2. The van der Waals surface area contributed by atoms with Crippen LogP contribution >= 0.6 is 22.7 Å². The third-order valence-electron chi connectivity index (χ3n) is 11.6. The summed E-state index contributed by atoms with van der Waals surface area (Å²) in [6.07, 6.45) is 0. The minimum Gasteiger partial charge on any atom is -0.309 e. The summed E-state index contributed by atoms with van der Waals surface area (Å²) in [6, 6.07) is 50.1. The Hall–Kier alpha value is -6.98. The maximum atomic E-state index is 9.98. The zero-order valence-electron chi connectivity index (χ0n) is 37.6. The first-order valence-corrected chi connectivity index (χ1v) is 20.8. The first-order chi connectivity index (χ1) is 31.7. The van der Waals surface area contributed by atoms with Crippen molar-refractivity contribution in [3.05, 3.63) is 194 Å². The van der Waals surface area contributed by atoms with Crippen LogP contribution in [0.1, 0.15) is 9.60 Å². The Morgan fingerprint density at radius 3 is 1.52 bits per heavy atom. The SMILES string of the molecule is [2H]c1c([2H])c([2H])c2c(c1[2H])c1c([2H])c(-c3ccc4c(c3)c3cc(-c5ccccc5)ccc3n4-c3ccc4c(c3)sc3ccccc34)c([2H])c([2H])c1n2-c1ccc2c(c1)sc1ccccc12. The molecule has 0 saturated carbocycles. The van der Waals surface area contributed by atoms with Crippen molar-refractivity contribution in [2.45, 2.75) is 0 Å². The maximum absolute atomic E-state index is 9.98. The van der Waals surface area contributed by atoms with Crippen molar-refractivity contribution >= 4 is 107 Å². The minimum atomic E-state index is -0.416. The van der Waals surface area contributed by atoms with E-state index in [4.69, 9.17) is 2.74 Å². The van der Waals surface area contributed by atoms with E-state index in [1.807, 2.05) is 66.7 Å². The van der Waals surface area contributed by atoms with Crippen LogP contribution in [0.3, 0.4) is 0 Å². The summed E-state index contributed by atoms with van der Waals surface area (Å²) in [5.41, 5.74) is 6.85. The lowest BCUT2D eigenvalue weighted by molar-refractivity contribution is 1.19. The molecule has 0 bridgehead atoms. The molecule has 0 unspecified atom stereocenters. The molecule has 4 heterocycles. The van der Waals surface area contributed by atoms with Crippen molar-refractivity contribution < 1.29 is 9.60 Å². The molecule has 270 valence electrons. The largest absolute Gasteiger partial charge is 0.309 e. The van der Waals surface area contributed by atoms with Gasteiger partial charge in [0.1, 0.15) is 0 Å². The Morgan fingerprint density at radius 2 is 0.862 bits per heavy atom. The van der Waals surface area contributed by atoms with Crippen molar-refractivity contribution in [3.63, 3.8) is 0 Å². The molecule has 4 heteroatoms. The summed E-state index contributed by atoms with van der Waals surface area (Å²) in [6.45, 7) is 0. The van der Waals surface area contributed by atoms with Gasteiger partial charge in [-0.3, -0.25) is 0 Å². The molecule has 0 aliphatic rings. The Bertz CT molecular complexity index is 4220. The average Bonchev–Trinajstić information content (AvgIpc) is 4.09. The number of fused-ring (bicyclic) bond motifs is 12. The van der Waals surface area contributed by atoms with Crippen molar-refractivity contribution in [3.8, 4) is 33.6 Å². The average molecular weight is 780 g/mol. The highest BCUT2D eigenvalue weighted by atomic mass is 32.1. The molecule has 0 spiro atoms. The van der Waals surface area contributed by atoms with E-state index < -0.39 is 12.1 Å². The van der Waals surface area contributed by atoms with Crippen molar-refractivity contribution in [1.29, 1.82) is 0 Å². The van der Waals surface area contributed by atoms with Crippen LogP contribution in [-0.2, 0) is 0 Å². The molecule has 58 heavy (non-hydrogen) atoms. The van der Waals surface area contributed by atoms with Gasteiger partial charge < -0.3 is 9.13 Å². The third kappa shape index (κ3) is 4.70. The van der Waals surface area contributed by atoms with Crippen LogP contribution in [0.5, 0.6) is 0 Å². The summed E-state index contributed by atoms with van der Waals surface area (Å²) >= 11 is 3.40. The second-order valence-electron chi connectivity index (χ2n) is 14.8. The molecule has 0 fully saturated rings. The number of thiophene rings is 2. The van der Waals surface area contributed by atoms with Crippen LogP contribution in [0.4, 0.5) is 0 Å². The van der Waals surface area contributed by atoms with E-state index in [1.54, 1.807) is 27.2 Å². The maximum Gasteiger partial charge on any atom is 0.0645 e. The molecule has 0 saturated heterocycles. The number of aromatic nitrogens is 2. The lowest BCUT2D eigenvalue weighted by Gasteiger charge is -2.10. The van der Waals surface area contributed by atoms with Gasteiger partial charge in [0, 0.05) is 73.3 Å². The van der Waals surface area contributed by atoms with Gasteiger partial charge in [-0.25, -0.2) is 0 Å². The molecular formula is C54H32N2S2. The summed E-state index contributed by atoms with van der Waals surface area (Å²) in [5.74, 6) is 0. The molecule has 0 N–H and O–H groups in total. The van der Waals surface area contributed by atoms with Gasteiger partial charge in [0.25, 0.3) is 0 Å². The van der Waals surface area contributed by atoms with Gasteiger partial charge in [-0.2, -0.15) is 0 Å². The lowest BCUT2D eigenvalue weighted by atomic mass is 9.99. The van der Waals surface area contributed by atoms with E-state index in [2.05, 4.69) is 89.5 Å². The molecule has 13 aromatic rings. The van der Waals surface area contributed by atoms with Gasteiger partial charge in [0.15, 0.2) is 0 Å². The minimum absolute atomic E-state index is 0.0685. The van der Waals surface area contributed by atoms with E-state index in [-0.39, 0.29) is 57.6 Å². The van der Waals surface area contributed by atoms with Crippen LogP contribution in [0, 0.1) is 0 Å². The zero-order valence-corrected chi connectivity index (χ0v) is 32.3. The summed E-state index contributed by atoms with van der Waals surface area (Å²) in [7, 11) is 0. The highest BCUT2D eigenvalue weighted by Crippen LogP contribution is 2.42. The molecule has 0 aliphatic carbocycles. The van der Waals surface area contributed by atoms with Crippen LogP contribution in [0.25, 0.3) is 118 Å². The molecule has 2 nitrogen and oxygen atoms in total. The predicted octanol–water partition coefficient (Wildman–Crippen LogP) is 16.0. The topological polar surface area (TPSA) is 9.86 Å². The summed E-state index contributed by atoms with van der Waals surface area (Å²) < 4.78 is 73.8. The standard InChI is InChI=1S/C54H32N2S2/c1-2-10-33(11-3-1)34-18-25-49-45(28-34)46-30-36(20-27-50(46)56(49)38-22-24-43-41-14-6-9-17-52(41)58-54(43)32-38)35-19-26-48-44(29-35)39-12-4-7-15-47(39)55(48)37-21-23-42-40-13-5-8-16-51(40)57-53(42)31-37/h1-32H/i4D,7D,12D,15D,19D,26D,29D. The van der Waals surface area contributed by atoms with Gasteiger partial charge in [-0.1, -0.05) is 115 Å². The normalized spacial score (nSPS) is 13.8. The first kappa shape index (κ1) is 26.0. The second-order valence-corrected chi connectivity index (χ2v) is 16.9. The van der Waals surface area contributed by atoms with Crippen molar-refractivity contribution in [2.75, 3.05) is 0 Å². The lowest BCUT2D eigenvalue weighted by Crippen LogP contribution is -1.93. The van der Waals surface area contributed by atoms with Crippen LogP contribution < -0.4 is 0 Å². The van der Waals surface area contributed by atoms with Gasteiger partial charge in [-0.05, 0) is 101 Å². The first-order valence-electron chi connectivity index (χ1n) is 22.7. The Labute approximate surface area is 351 Å². The van der Waals surface area contributed by atoms with Crippen LogP contribution in [0.2, 0.25) is 0 Å². The Morgan fingerprint density at radius 1 is 0.328 bits per heavy atom. The van der Waals surface area contributed by atoms with E-state index in [1.165, 1.54) is 20.2 Å². The fraction of sp³-hybridized carbons (Fsp3) is 0. The van der Waals surface area contributed by atoms with E-state index in [0.717, 1.165) is 58.8 Å². The number of nitrogens with zero attached hydrogens (tertiary/aromatic N) is 2. The van der Waals surface area contributed by atoms with E-state index in [0.29, 0.717) is 11.3 Å². The fourth-order valence-electron chi connectivity index (χ4n) is 8.89. The summed E-state index contributed by atoms with van der Waals surface area (Å²) in [4.78, 5) is 0. The summed E-state index contributed by atoms with van der Waals surface area (Å²) in [5, 5.41) is 6.89. The van der Waals surface area contributed by atoms with Crippen molar-refractivity contribution in [2.24, 2.45) is 0 Å². The molecule has 0 atom stereocenters. The van der Waals surface area contributed by atoms with E-state index in [9.17, 15) is 6.85 Å². The molecule has 0 aliphatic heterocycles. The molecule has 4 aromatic heterocycles. The van der Waals surface area contributed by atoms with Crippen molar-refractivity contribution in [1.82, 2.24) is 9.13 Å². The van der Waals surface area contributed by atoms with Crippen LogP contribution in [-0.4, -0.2) is 9.13 Å². The highest BCUT2D eigenvalue weighted by Gasteiger charge is 2.18. The van der Waals surface area contributed by atoms with Gasteiger partial charge in [0.05, 0.1) is 31.7 Å². The third-order valence-corrected chi connectivity index (χ3v) is 13.8. The number of rotatable bonds is 4. The van der Waals surface area contributed by atoms with Gasteiger partial charge in [-0.15, -0.1) is 22.7 Å². The van der Waals surface area contributed by atoms with Gasteiger partial charge >= 0.3 is 0 Å². The monoisotopic (exact) mass is 779 g/mol. The highest BCUT2D eigenvalue weighted by molar-refractivity contribution is 7.26. The van der Waals surface area contributed by atoms with Gasteiger partial charge in [0.2, 0.25) is 0 Å². The Balaban J connectivity index is 1.08. The quantitative estimate of drug-likeness (QED) is 0.168. The van der Waals surface area contributed by atoms with Crippen LogP contribution in [0.15, 0.2) is 194 Å². The Kier molecular flexibility index (Phi) is 5.50. The zero-order chi connectivity index (χ0) is 44.0. The molecule has 0 radical (unpaired) electrons. The second kappa shape index (κ2) is 12.3. The molecular weight excluding hydrogens is 741 g/mol. The molecule has 0 amide bonds.